The third-order valence-corrected chi connectivity index (χ3v) is 3.62. The van der Waals surface area contributed by atoms with Gasteiger partial charge in [0.15, 0.2) is 0 Å². The predicted molar refractivity (Wildman–Crippen MR) is 40.2 cm³/mol. The molecule has 0 rings (SSSR count). The summed E-state index contributed by atoms with van der Waals surface area (Å²) in [4.78, 5) is 0. The molecule has 0 atom stereocenters. The second kappa shape index (κ2) is 6.75. The average Bonchev–Trinajstić information content (AvgIpc) is 1.69. The number of rotatable bonds is 4. The van der Waals surface area contributed by atoms with Crippen molar-refractivity contribution in [2.45, 2.75) is 0 Å². The Bertz CT molecular complexity index is 26.1. The first-order valence-electron chi connectivity index (χ1n) is 1.97. The van der Waals surface area contributed by atoms with Crippen molar-refractivity contribution in [3.63, 3.8) is 0 Å². The van der Waals surface area contributed by atoms with Gasteiger partial charge in [-0.25, -0.2) is 0 Å². The summed E-state index contributed by atoms with van der Waals surface area (Å²) in [5, 5.41) is 0. The van der Waals surface area contributed by atoms with Crippen LogP contribution < -0.4 is 0 Å². The molecule has 0 aliphatic heterocycles. The quantitative estimate of drug-likeness (QED) is 0.315. The molecule has 7 heteroatoms. The van der Waals surface area contributed by atoms with Crippen LogP contribution in [0.3, 0.4) is 0 Å². The minimum atomic E-state index is -0.569. The van der Waals surface area contributed by atoms with Crippen LogP contribution in [-0.2, 0) is 12.3 Å². The average molecular weight is 170 g/mol. The molecule has 0 aliphatic carbocycles. The number of hydrogen-bond acceptors (Lipinski definition) is 3. The van der Waals surface area contributed by atoms with Crippen LogP contribution in [0.4, 0.5) is 0 Å². The maximum absolute atomic E-state index is 5.03. The Morgan fingerprint density at radius 2 is 1.43 bits per heavy atom. The molecule has 0 saturated heterocycles. The van der Waals surface area contributed by atoms with Gasteiger partial charge in [0.05, 0.1) is 0 Å². The van der Waals surface area contributed by atoms with Crippen LogP contribution in [0.2, 0.25) is 0 Å². The molecule has 0 spiro atoms. The summed E-state index contributed by atoms with van der Waals surface area (Å²) in [5.41, 5.74) is 0. The van der Waals surface area contributed by atoms with Gasteiger partial charge in [0.2, 0.25) is 0 Å². The van der Waals surface area contributed by atoms with Gasteiger partial charge in [0.1, 0.15) is 21.0 Å². The van der Waals surface area contributed by atoms with Crippen molar-refractivity contribution in [1.82, 2.24) is 0 Å². The SMILES string of the molecule is [SiH3]O[SiH2]O[SiH2]O[SiH3]. The third kappa shape index (κ3) is 6.75. The van der Waals surface area contributed by atoms with E-state index in [4.69, 9.17) is 12.3 Å². The van der Waals surface area contributed by atoms with E-state index >= 15 is 0 Å². The lowest BCUT2D eigenvalue weighted by Gasteiger charge is -1.97. The van der Waals surface area contributed by atoms with E-state index in [9.17, 15) is 0 Å². The zero-order valence-electron chi connectivity index (χ0n) is 4.64. The van der Waals surface area contributed by atoms with E-state index in [2.05, 4.69) is 0 Å². The van der Waals surface area contributed by atoms with Crippen molar-refractivity contribution in [2.24, 2.45) is 0 Å². The Labute approximate surface area is 53.9 Å². The molecule has 0 amide bonds. The molecular weight excluding hydrogens is 160 g/mol. The molecule has 0 saturated carbocycles. The van der Waals surface area contributed by atoms with Crippen LogP contribution in [0.25, 0.3) is 0 Å². The van der Waals surface area contributed by atoms with Crippen molar-refractivity contribution in [3.05, 3.63) is 0 Å². The summed E-state index contributed by atoms with van der Waals surface area (Å²) in [6.07, 6.45) is 0. The molecule has 7 heavy (non-hydrogen) atoms. The van der Waals surface area contributed by atoms with E-state index in [1.807, 2.05) is 0 Å². The Hall–Kier alpha value is 0.748. The highest BCUT2D eigenvalue weighted by atomic mass is 28.4. The molecule has 3 nitrogen and oxygen atoms in total. The van der Waals surface area contributed by atoms with Gasteiger partial charge in [-0.2, -0.15) is 0 Å². The van der Waals surface area contributed by atoms with Crippen LogP contribution in [0.1, 0.15) is 0 Å². The second-order valence-electron chi connectivity index (χ2n) is 1.02. The predicted octanol–water partition coefficient (Wildman–Crippen LogP) is -4.41. The first-order valence-corrected chi connectivity index (χ1v) is 5.91. The van der Waals surface area contributed by atoms with Crippen molar-refractivity contribution in [3.8, 4) is 0 Å². The standard InChI is InChI=1S/H10O3Si4/c4-1-6-3-7-2-5/h6-7H2,4-5H3. The molecule has 44 valence electrons. The molecule has 0 aromatic heterocycles. The largest absolute Gasteiger partial charge is 0.449 e. The highest BCUT2D eigenvalue weighted by Crippen LogP contribution is 1.63. The molecule has 0 aliphatic rings. The summed E-state index contributed by atoms with van der Waals surface area (Å²) < 4.78 is 14.8. The molecule has 0 unspecified atom stereocenters. The Balaban J connectivity index is 2.45. The lowest BCUT2D eigenvalue weighted by atomic mass is 15.7. The topological polar surface area (TPSA) is 27.7 Å². The van der Waals surface area contributed by atoms with Crippen LogP contribution in [-0.4, -0.2) is 41.0 Å². The van der Waals surface area contributed by atoms with Crippen LogP contribution >= 0.6 is 0 Å². The van der Waals surface area contributed by atoms with Gasteiger partial charge in [-0.05, 0) is 0 Å². The zero-order chi connectivity index (χ0) is 5.54. The van der Waals surface area contributed by atoms with Crippen LogP contribution in [0.5, 0.6) is 0 Å². The highest BCUT2D eigenvalue weighted by Gasteiger charge is 1.80. The lowest BCUT2D eigenvalue weighted by molar-refractivity contribution is 0.443. The fourth-order valence-electron chi connectivity index (χ4n) is 0.201. The Kier molecular flexibility index (Phi) is 7.47. The summed E-state index contributed by atoms with van der Waals surface area (Å²) in [7, 11) is 0.504. The van der Waals surface area contributed by atoms with Gasteiger partial charge in [0, 0.05) is 0 Å². The molecule has 0 bridgehead atoms. The molecule has 0 aromatic rings. The fraction of sp³-hybridized carbons (Fsp3) is 0. The van der Waals surface area contributed by atoms with E-state index < -0.39 is 20.0 Å². The van der Waals surface area contributed by atoms with Crippen molar-refractivity contribution >= 4 is 41.0 Å². The van der Waals surface area contributed by atoms with E-state index in [0.717, 1.165) is 21.0 Å². The molecular formula is H10O3Si4. The maximum Gasteiger partial charge on any atom is 0.284 e. The van der Waals surface area contributed by atoms with E-state index in [-0.39, 0.29) is 0 Å². The van der Waals surface area contributed by atoms with Gasteiger partial charge in [-0.15, -0.1) is 0 Å². The molecule has 0 aromatic carbocycles. The van der Waals surface area contributed by atoms with Crippen LogP contribution in [0, 0.1) is 0 Å². The van der Waals surface area contributed by atoms with E-state index in [1.54, 1.807) is 0 Å². The van der Waals surface area contributed by atoms with Gasteiger partial charge in [-0.1, -0.05) is 0 Å². The first-order chi connectivity index (χ1) is 3.41. The smallest absolute Gasteiger partial charge is 0.284 e. The summed E-state index contributed by atoms with van der Waals surface area (Å²) in [6, 6.07) is 0. The van der Waals surface area contributed by atoms with E-state index in [0.29, 0.717) is 0 Å². The molecule has 0 radical (unpaired) electrons. The van der Waals surface area contributed by atoms with Gasteiger partial charge >= 0.3 is 0 Å². The maximum atomic E-state index is 5.03. The molecule has 0 N–H and O–H groups in total. The van der Waals surface area contributed by atoms with Crippen molar-refractivity contribution in [2.75, 3.05) is 0 Å². The van der Waals surface area contributed by atoms with Crippen molar-refractivity contribution < 1.29 is 12.3 Å². The monoisotopic (exact) mass is 170 g/mol. The third-order valence-electron chi connectivity index (χ3n) is 0.402. The molecule has 0 fully saturated rings. The van der Waals surface area contributed by atoms with Crippen LogP contribution in [0.15, 0.2) is 0 Å². The van der Waals surface area contributed by atoms with Gasteiger partial charge in [0.25, 0.3) is 20.0 Å². The normalized spacial score (nSPS) is 13.7. The minimum Gasteiger partial charge on any atom is -0.449 e. The fourth-order valence-corrected chi connectivity index (χ4v) is 4.81. The highest BCUT2D eigenvalue weighted by molar-refractivity contribution is 6.40. The Morgan fingerprint density at radius 3 is 1.71 bits per heavy atom. The summed E-state index contributed by atoms with van der Waals surface area (Å²) in [5.74, 6) is 0. The summed E-state index contributed by atoms with van der Waals surface area (Å²) >= 11 is 0. The van der Waals surface area contributed by atoms with E-state index in [1.165, 1.54) is 0 Å². The second-order valence-corrected chi connectivity index (χ2v) is 7.74. The van der Waals surface area contributed by atoms with Crippen molar-refractivity contribution in [1.29, 1.82) is 0 Å². The first kappa shape index (κ1) is 7.75. The van der Waals surface area contributed by atoms with Gasteiger partial charge in [-0.3, -0.25) is 0 Å². The number of hydrogen-bond donors (Lipinski definition) is 0. The Morgan fingerprint density at radius 1 is 1.00 bits per heavy atom. The zero-order valence-corrected chi connectivity index (χ0v) is 11.5. The summed E-state index contributed by atoms with van der Waals surface area (Å²) in [6.45, 7) is 0. The van der Waals surface area contributed by atoms with Gasteiger partial charge < -0.3 is 12.3 Å². The lowest BCUT2D eigenvalue weighted by Crippen LogP contribution is -2.08. The molecule has 0 heterocycles. The minimum absolute atomic E-state index is 0.569.